The fraction of sp³-hybridized carbons (Fsp3) is 0.609. The summed E-state index contributed by atoms with van der Waals surface area (Å²) in [6.45, 7) is 6.83. The summed E-state index contributed by atoms with van der Waals surface area (Å²) >= 11 is 0. The van der Waals surface area contributed by atoms with E-state index in [1.807, 2.05) is 6.92 Å². The lowest BCUT2D eigenvalue weighted by Gasteiger charge is -2.14. The molecule has 0 saturated heterocycles. The van der Waals surface area contributed by atoms with Crippen molar-refractivity contribution >= 4 is 11.8 Å². The highest BCUT2D eigenvalue weighted by atomic mass is 16.5. The van der Waals surface area contributed by atoms with E-state index in [-0.39, 0.29) is 17.5 Å². The van der Waals surface area contributed by atoms with Crippen LogP contribution in [0.2, 0.25) is 0 Å². The second-order valence-electron chi connectivity index (χ2n) is 7.63. The molecule has 0 spiro atoms. The van der Waals surface area contributed by atoms with Crippen molar-refractivity contribution in [3.8, 4) is 11.5 Å². The predicted octanol–water partition coefficient (Wildman–Crippen LogP) is 3.67. The molecule has 0 radical (unpaired) electrons. The molecule has 0 bridgehead atoms. The molecule has 0 amide bonds. The number of hydrogen-bond donors (Lipinski definition) is 1. The number of nitrogens with zero attached hydrogens (tertiary/aromatic N) is 4. The van der Waals surface area contributed by atoms with E-state index >= 15 is 0 Å². The van der Waals surface area contributed by atoms with Gasteiger partial charge in [0.15, 0.2) is 11.6 Å². The maximum atomic E-state index is 11.7. The molecule has 0 aliphatic carbocycles. The summed E-state index contributed by atoms with van der Waals surface area (Å²) in [5.41, 5.74) is 1.02. The van der Waals surface area contributed by atoms with E-state index in [0.717, 1.165) is 44.3 Å². The van der Waals surface area contributed by atoms with E-state index in [4.69, 9.17) is 9.47 Å². The third-order valence-electron chi connectivity index (χ3n) is 5.08. The van der Waals surface area contributed by atoms with Crippen LogP contribution < -0.4 is 4.74 Å². The number of carbonyl (C=O) groups excluding carboxylic acids is 2. The molecule has 9 heteroatoms. The first-order chi connectivity index (χ1) is 15.5. The number of carbonyl (C=O) groups is 2. The first kappa shape index (κ1) is 25.3. The molecule has 1 aromatic carbocycles. The minimum atomic E-state index is -0.171. The number of hydrogen-bond acceptors (Lipinski definition) is 8. The number of aromatic hydroxyl groups is 1. The molecule has 9 nitrogen and oxygen atoms in total. The molecule has 0 fully saturated rings. The number of Topliss-reactive ketones (excluding diaryl/α,β-unsaturated/α-hetero) is 1. The zero-order valence-corrected chi connectivity index (χ0v) is 19.3. The lowest BCUT2D eigenvalue weighted by Crippen LogP contribution is -2.09. The fourth-order valence-electron chi connectivity index (χ4n) is 3.44. The number of esters is 1. The average molecular weight is 447 g/mol. The third kappa shape index (κ3) is 7.62. The van der Waals surface area contributed by atoms with Crippen LogP contribution in [0, 0.1) is 0 Å². The van der Waals surface area contributed by atoms with Gasteiger partial charge in [0.2, 0.25) is 0 Å². The highest BCUT2D eigenvalue weighted by molar-refractivity contribution is 5.97. The van der Waals surface area contributed by atoms with Gasteiger partial charge in [-0.25, -0.2) is 4.68 Å². The summed E-state index contributed by atoms with van der Waals surface area (Å²) in [7, 11) is 0. The first-order valence-electron chi connectivity index (χ1n) is 11.4. The lowest BCUT2D eigenvalue weighted by atomic mass is 10.0. The molecule has 1 N–H and O–H groups in total. The van der Waals surface area contributed by atoms with Gasteiger partial charge in [-0.1, -0.05) is 13.3 Å². The van der Waals surface area contributed by atoms with E-state index in [0.29, 0.717) is 49.5 Å². The zero-order chi connectivity index (χ0) is 23.3. The van der Waals surface area contributed by atoms with Crippen LogP contribution in [0.15, 0.2) is 12.1 Å². The SMILES string of the molecule is CCCc1c(OCCCCc2nnnn2CCCCC(=O)OCC)ccc(C(C)=O)c1O. The Morgan fingerprint density at radius 2 is 1.91 bits per heavy atom. The largest absolute Gasteiger partial charge is 0.507 e. The second-order valence-corrected chi connectivity index (χ2v) is 7.63. The standard InChI is InChI=1S/C23H34N4O5/c1-4-10-19-20(14-13-18(17(3)28)23(19)30)32-16-9-7-11-21-24-25-26-27(21)15-8-6-12-22(29)31-5-2/h13-14,30H,4-12,15-16H2,1-3H3. The number of phenols is 1. The van der Waals surface area contributed by atoms with Gasteiger partial charge in [-0.3, -0.25) is 9.59 Å². The van der Waals surface area contributed by atoms with E-state index in [1.165, 1.54) is 6.92 Å². The number of aryl methyl sites for hydroxylation is 2. The minimum Gasteiger partial charge on any atom is -0.507 e. The fourth-order valence-corrected chi connectivity index (χ4v) is 3.44. The molecule has 1 heterocycles. The summed E-state index contributed by atoms with van der Waals surface area (Å²) in [5, 5.41) is 22.3. The normalized spacial score (nSPS) is 10.8. The smallest absolute Gasteiger partial charge is 0.305 e. The van der Waals surface area contributed by atoms with Crippen molar-refractivity contribution in [3.05, 3.63) is 29.1 Å². The summed E-state index contributed by atoms with van der Waals surface area (Å²) in [6, 6.07) is 3.38. The van der Waals surface area contributed by atoms with Crippen LogP contribution in [0.5, 0.6) is 11.5 Å². The highest BCUT2D eigenvalue weighted by Gasteiger charge is 2.16. The van der Waals surface area contributed by atoms with E-state index in [1.54, 1.807) is 23.7 Å². The Kier molecular flexibility index (Phi) is 10.6. The van der Waals surface area contributed by atoms with Gasteiger partial charge in [0.1, 0.15) is 11.5 Å². The van der Waals surface area contributed by atoms with Crippen molar-refractivity contribution in [2.45, 2.75) is 78.7 Å². The summed E-state index contributed by atoms with van der Waals surface area (Å²) in [4.78, 5) is 23.1. The first-order valence-corrected chi connectivity index (χ1v) is 11.4. The summed E-state index contributed by atoms with van der Waals surface area (Å²) < 4.78 is 12.6. The maximum absolute atomic E-state index is 11.7. The predicted molar refractivity (Wildman–Crippen MR) is 119 cm³/mol. The monoisotopic (exact) mass is 446 g/mol. The van der Waals surface area contributed by atoms with Crippen LogP contribution in [0.4, 0.5) is 0 Å². The van der Waals surface area contributed by atoms with Crippen LogP contribution in [-0.4, -0.2) is 50.3 Å². The quantitative estimate of drug-likeness (QED) is 0.250. The topological polar surface area (TPSA) is 116 Å². The van der Waals surface area contributed by atoms with Crippen LogP contribution in [0.25, 0.3) is 0 Å². The number of unbranched alkanes of at least 4 members (excludes halogenated alkanes) is 2. The van der Waals surface area contributed by atoms with Gasteiger partial charge >= 0.3 is 5.97 Å². The van der Waals surface area contributed by atoms with Crippen LogP contribution >= 0.6 is 0 Å². The number of rotatable bonds is 15. The number of ether oxygens (including phenoxy) is 2. The Labute approximate surface area is 189 Å². The molecule has 0 aliphatic rings. The van der Waals surface area contributed by atoms with Gasteiger partial charge in [-0.2, -0.15) is 0 Å². The molecule has 0 unspecified atom stereocenters. The molecule has 2 rings (SSSR count). The van der Waals surface area contributed by atoms with Crippen LogP contribution in [-0.2, 0) is 28.9 Å². The number of aromatic nitrogens is 4. The number of benzene rings is 1. The second kappa shape index (κ2) is 13.4. The number of tetrazole rings is 1. The van der Waals surface area contributed by atoms with Crippen LogP contribution in [0.1, 0.15) is 81.0 Å². The van der Waals surface area contributed by atoms with Gasteiger partial charge in [0, 0.05) is 24.9 Å². The molecule has 176 valence electrons. The van der Waals surface area contributed by atoms with Crippen molar-refractivity contribution in [2.75, 3.05) is 13.2 Å². The van der Waals surface area contributed by atoms with Crippen molar-refractivity contribution in [1.29, 1.82) is 0 Å². The van der Waals surface area contributed by atoms with Crippen molar-refractivity contribution in [3.63, 3.8) is 0 Å². The molecule has 0 atom stereocenters. The Hall–Kier alpha value is -2.97. The Morgan fingerprint density at radius 1 is 1.09 bits per heavy atom. The zero-order valence-electron chi connectivity index (χ0n) is 19.3. The van der Waals surface area contributed by atoms with E-state index < -0.39 is 0 Å². The van der Waals surface area contributed by atoms with Gasteiger partial charge < -0.3 is 14.6 Å². The molecule has 2 aromatic rings. The Bertz CT molecular complexity index is 881. The molecule has 0 aliphatic heterocycles. The Morgan fingerprint density at radius 3 is 2.62 bits per heavy atom. The van der Waals surface area contributed by atoms with E-state index in [2.05, 4.69) is 15.5 Å². The minimum absolute atomic E-state index is 0.0268. The average Bonchev–Trinajstić information content (AvgIpc) is 3.20. The Balaban J connectivity index is 1.77. The van der Waals surface area contributed by atoms with Crippen LogP contribution in [0.3, 0.4) is 0 Å². The van der Waals surface area contributed by atoms with Gasteiger partial charge in [-0.05, 0) is 68.5 Å². The molecule has 0 saturated carbocycles. The highest BCUT2D eigenvalue weighted by Crippen LogP contribution is 2.33. The van der Waals surface area contributed by atoms with Crippen molar-refractivity contribution < 1.29 is 24.2 Å². The summed E-state index contributed by atoms with van der Waals surface area (Å²) in [5.74, 6) is 1.14. The van der Waals surface area contributed by atoms with Gasteiger partial charge in [-0.15, -0.1) is 5.10 Å². The van der Waals surface area contributed by atoms with E-state index in [9.17, 15) is 14.7 Å². The molecular weight excluding hydrogens is 412 g/mol. The molecular formula is C23H34N4O5. The van der Waals surface area contributed by atoms with Crippen molar-refractivity contribution in [2.24, 2.45) is 0 Å². The summed E-state index contributed by atoms with van der Waals surface area (Å²) in [6.07, 6.45) is 5.82. The maximum Gasteiger partial charge on any atom is 0.305 e. The third-order valence-corrected chi connectivity index (χ3v) is 5.08. The molecule has 32 heavy (non-hydrogen) atoms. The number of phenolic OH excluding ortho intramolecular Hbond substituents is 1. The molecule has 1 aromatic heterocycles. The van der Waals surface area contributed by atoms with Gasteiger partial charge in [0.05, 0.1) is 18.8 Å². The lowest BCUT2D eigenvalue weighted by molar-refractivity contribution is -0.143. The van der Waals surface area contributed by atoms with Crippen molar-refractivity contribution in [1.82, 2.24) is 20.2 Å². The van der Waals surface area contributed by atoms with Gasteiger partial charge in [0.25, 0.3) is 0 Å². The number of ketones is 1.